The Bertz CT molecular complexity index is 707. The number of fused-ring (bicyclic) bond motifs is 1. The van der Waals surface area contributed by atoms with Crippen molar-refractivity contribution in [2.24, 2.45) is 0 Å². The summed E-state index contributed by atoms with van der Waals surface area (Å²) >= 11 is 0. The van der Waals surface area contributed by atoms with Crippen LogP contribution in [0.3, 0.4) is 0 Å². The van der Waals surface area contributed by atoms with E-state index in [9.17, 15) is 9.59 Å². The molecular formula is C13H12N4O3. The van der Waals surface area contributed by atoms with E-state index >= 15 is 0 Å². The van der Waals surface area contributed by atoms with Crippen molar-refractivity contribution in [1.82, 2.24) is 15.0 Å². The number of anilines is 1. The van der Waals surface area contributed by atoms with Gasteiger partial charge in [0.2, 0.25) is 5.89 Å². The van der Waals surface area contributed by atoms with Gasteiger partial charge in [0.05, 0.1) is 11.1 Å². The van der Waals surface area contributed by atoms with Gasteiger partial charge in [0.15, 0.2) is 5.82 Å². The molecule has 0 spiro atoms. The minimum atomic E-state index is -0.376. The Morgan fingerprint density at radius 1 is 1.30 bits per heavy atom. The van der Waals surface area contributed by atoms with Crippen LogP contribution >= 0.6 is 0 Å². The molecule has 3 rings (SSSR count). The number of benzene rings is 1. The van der Waals surface area contributed by atoms with Gasteiger partial charge in [-0.05, 0) is 19.1 Å². The van der Waals surface area contributed by atoms with Crippen LogP contribution in [0, 0.1) is 6.92 Å². The Balaban J connectivity index is 1.81. The second-order valence-electron chi connectivity index (χ2n) is 4.52. The van der Waals surface area contributed by atoms with Gasteiger partial charge in [-0.25, -0.2) is 0 Å². The van der Waals surface area contributed by atoms with E-state index in [0.29, 0.717) is 29.4 Å². The molecule has 0 atom stereocenters. The van der Waals surface area contributed by atoms with Gasteiger partial charge in [-0.15, -0.1) is 0 Å². The molecule has 0 fully saturated rings. The zero-order chi connectivity index (χ0) is 14.3. The number of aryl methyl sites for hydroxylation is 1. The third-order valence-electron chi connectivity index (χ3n) is 3.15. The summed E-state index contributed by atoms with van der Waals surface area (Å²) in [6.07, 6.45) is 0.326. The summed E-state index contributed by atoms with van der Waals surface area (Å²) in [5.41, 5.74) is 6.69. The third-order valence-corrected chi connectivity index (χ3v) is 3.15. The second kappa shape index (κ2) is 4.44. The molecule has 7 nitrogen and oxygen atoms in total. The van der Waals surface area contributed by atoms with Crippen molar-refractivity contribution in [3.63, 3.8) is 0 Å². The number of carbonyl (C=O) groups is 2. The van der Waals surface area contributed by atoms with E-state index in [1.165, 1.54) is 0 Å². The molecule has 1 aromatic heterocycles. The third kappa shape index (κ3) is 1.83. The van der Waals surface area contributed by atoms with Gasteiger partial charge in [-0.3, -0.25) is 14.5 Å². The molecule has 0 radical (unpaired) electrons. The lowest BCUT2D eigenvalue weighted by molar-refractivity contribution is 0.0653. The first-order valence-corrected chi connectivity index (χ1v) is 6.12. The van der Waals surface area contributed by atoms with Gasteiger partial charge >= 0.3 is 0 Å². The van der Waals surface area contributed by atoms with Crippen molar-refractivity contribution in [2.45, 2.75) is 13.3 Å². The highest BCUT2D eigenvalue weighted by molar-refractivity contribution is 6.23. The molecule has 1 aliphatic rings. The van der Waals surface area contributed by atoms with Gasteiger partial charge < -0.3 is 10.3 Å². The van der Waals surface area contributed by atoms with Crippen molar-refractivity contribution >= 4 is 17.5 Å². The van der Waals surface area contributed by atoms with E-state index in [0.717, 1.165) is 4.90 Å². The number of aromatic nitrogens is 2. The lowest BCUT2D eigenvalue weighted by atomic mass is 10.1. The highest BCUT2D eigenvalue weighted by atomic mass is 16.5. The molecule has 1 aliphatic heterocycles. The lowest BCUT2D eigenvalue weighted by Crippen LogP contribution is -2.31. The van der Waals surface area contributed by atoms with Crippen molar-refractivity contribution < 1.29 is 14.1 Å². The summed E-state index contributed by atoms with van der Waals surface area (Å²) < 4.78 is 4.96. The quantitative estimate of drug-likeness (QED) is 0.655. The lowest BCUT2D eigenvalue weighted by Gasteiger charge is -2.11. The van der Waals surface area contributed by atoms with E-state index in [4.69, 9.17) is 10.3 Å². The topological polar surface area (TPSA) is 102 Å². The summed E-state index contributed by atoms with van der Waals surface area (Å²) in [6, 6.07) is 4.86. The number of hydrogen-bond acceptors (Lipinski definition) is 6. The van der Waals surface area contributed by atoms with Crippen molar-refractivity contribution in [3.8, 4) is 0 Å². The van der Waals surface area contributed by atoms with Gasteiger partial charge in [0, 0.05) is 18.7 Å². The zero-order valence-electron chi connectivity index (χ0n) is 10.8. The maximum atomic E-state index is 12.2. The SMILES string of the molecule is Cc1noc(CCN2C(=O)c3cccc(N)c3C2=O)n1. The summed E-state index contributed by atoms with van der Waals surface area (Å²) in [4.78, 5) is 29.6. The van der Waals surface area contributed by atoms with E-state index in [1.807, 2.05) is 0 Å². The molecule has 2 amide bonds. The molecule has 20 heavy (non-hydrogen) atoms. The molecule has 2 aromatic rings. The number of rotatable bonds is 3. The monoisotopic (exact) mass is 272 g/mol. The number of nitrogens with zero attached hydrogens (tertiary/aromatic N) is 3. The molecule has 0 bridgehead atoms. The molecule has 102 valence electrons. The first-order chi connectivity index (χ1) is 9.58. The first-order valence-electron chi connectivity index (χ1n) is 6.12. The van der Waals surface area contributed by atoms with Crippen molar-refractivity contribution in [1.29, 1.82) is 0 Å². The molecule has 2 N–H and O–H groups in total. The fourth-order valence-corrected chi connectivity index (χ4v) is 2.21. The molecule has 0 saturated heterocycles. The summed E-state index contributed by atoms with van der Waals surface area (Å²) in [6.45, 7) is 1.89. The van der Waals surface area contributed by atoms with Crippen LogP contribution in [0.2, 0.25) is 0 Å². The number of imide groups is 1. The number of nitrogen functional groups attached to an aromatic ring is 1. The Hall–Kier alpha value is -2.70. The van der Waals surface area contributed by atoms with E-state index < -0.39 is 0 Å². The van der Waals surface area contributed by atoms with Crippen LogP contribution in [0.25, 0.3) is 0 Å². The van der Waals surface area contributed by atoms with E-state index in [-0.39, 0.29) is 23.9 Å². The Kier molecular flexibility index (Phi) is 2.74. The summed E-state index contributed by atoms with van der Waals surface area (Å²) in [5.74, 6) is 0.200. The fourth-order valence-electron chi connectivity index (χ4n) is 2.21. The number of amides is 2. The largest absolute Gasteiger partial charge is 0.398 e. The van der Waals surface area contributed by atoms with Crippen LogP contribution in [0.5, 0.6) is 0 Å². The minimum absolute atomic E-state index is 0.188. The molecule has 0 unspecified atom stereocenters. The Labute approximate surface area is 114 Å². The van der Waals surface area contributed by atoms with Gasteiger partial charge in [0.1, 0.15) is 0 Å². The van der Waals surface area contributed by atoms with Crippen LogP contribution in [0.4, 0.5) is 5.69 Å². The van der Waals surface area contributed by atoms with Crippen LogP contribution < -0.4 is 5.73 Å². The predicted molar refractivity (Wildman–Crippen MR) is 69.0 cm³/mol. The molecule has 0 saturated carbocycles. The maximum Gasteiger partial charge on any atom is 0.263 e. The van der Waals surface area contributed by atoms with Crippen LogP contribution in [-0.4, -0.2) is 33.4 Å². The predicted octanol–water partition coefficient (Wildman–Crippen LogP) is 0.799. The smallest absolute Gasteiger partial charge is 0.263 e. The zero-order valence-corrected chi connectivity index (χ0v) is 10.8. The van der Waals surface area contributed by atoms with Crippen LogP contribution in [-0.2, 0) is 6.42 Å². The van der Waals surface area contributed by atoms with Crippen LogP contribution in [0.15, 0.2) is 22.7 Å². The molecule has 2 heterocycles. The number of carbonyl (C=O) groups excluding carboxylic acids is 2. The highest BCUT2D eigenvalue weighted by Gasteiger charge is 2.36. The van der Waals surface area contributed by atoms with Gasteiger partial charge in [0.25, 0.3) is 11.8 Å². The Morgan fingerprint density at radius 3 is 2.75 bits per heavy atom. The normalized spacial score (nSPS) is 13.9. The number of hydrogen-bond donors (Lipinski definition) is 1. The molecule has 0 aliphatic carbocycles. The van der Waals surface area contributed by atoms with Gasteiger partial charge in [-0.2, -0.15) is 4.98 Å². The summed E-state index contributed by atoms with van der Waals surface area (Å²) in [7, 11) is 0. The van der Waals surface area contributed by atoms with Crippen molar-refractivity contribution in [3.05, 3.63) is 41.0 Å². The average molecular weight is 272 g/mol. The molecule has 7 heteroatoms. The number of nitrogens with two attached hydrogens (primary N) is 1. The second-order valence-corrected chi connectivity index (χ2v) is 4.52. The highest BCUT2D eigenvalue weighted by Crippen LogP contribution is 2.27. The Morgan fingerprint density at radius 2 is 2.10 bits per heavy atom. The first kappa shape index (κ1) is 12.3. The van der Waals surface area contributed by atoms with Gasteiger partial charge in [-0.1, -0.05) is 11.2 Å². The summed E-state index contributed by atoms with van der Waals surface area (Å²) in [5, 5.41) is 3.66. The maximum absolute atomic E-state index is 12.2. The van der Waals surface area contributed by atoms with Crippen LogP contribution in [0.1, 0.15) is 32.4 Å². The van der Waals surface area contributed by atoms with E-state index in [1.54, 1.807) is 25.1 Å². The average Bonchev–Trinajstić information content (AvgIpc) is 2.93. The fraction of sp³-hybridized carbons (Fsp3) is 0.231. The molecule has 1 aromatic carbocycles. The minimum Gasteiger partial charge on any atom is -0.398 e. The van der Waals surface area contributed by atoms with E-state index in [2.05, 4.69) is 10.1 Å². The standard InChI is InChI=1S/C13H12N4O3/c1-7-15-10(20-16-7)5-6-17-12(18)8-3-2-4-9(14)11(8)13(17)19/h2-4H,5-6,14H2,1H3. The van der Waals surface area contributed by atoms with Crippen molar-refractivity contribution in [2.75, 3.05) is 12.3 Å². The molecular weight excluding hydrogens is 260 g/mol.